The van der Waals surface area contributed by atoms with Crippen LogP contribution in [0, 0.1) is 0 Å². The van der Waals surface area contributed by atoms with Gasteiger partial charge in [-0.3, -0.25) is 0 Å². The Morgan fingerprint density at radius 1 is 0.356 bits per heavy atom. The molecule has 0 fully saturated rings. The lowest BCUT2D eigenvalue weighted by molar-refractivity contribution is 0.590. The first-order chi connectivity index (χ1) is 28.5. The van der Waals surface area contributed by atoms with Crippen molar-refractivity contribution in [2.75, 3.05) is 0 Å². The predicted molar refractivity (Wildman–Crippen MR) is 258 cm³/mol. The van der Waals surface area contributed by atoms with Crippen LogP contribution >= 0.6 is 23.5 Å². The monoisotopic (exact) mass is 792 g/mol. The molecule has 0 spiro atoms. The number of hydrogen-bond acceptors (Lipinski definition) is 2. The average Bonchev–Trinajstić information content (AvgIpc) is 3.24. The van der Waals surface area contributed by atoms with Crippen molar-refractivity contribution in [2.24, 2.45) is 0 Å². The molecule has 0 nitrogen and oxygen atoms in total. The minimum Gasteiger partial charge on any atom is -0.0911 e. The molecular weight excluding hydrogens is 748 g/mol. The van der Waals surface area contributed by atoms with Crippen molar-refractivity contribution in [3.8, 4) is 33.4 Å². The van der Waals surface area contributed by atoms with Crippen LogP contribution in [0.3, 0.4) is 0 Å². The minimum atomic E-state index is 0.0661. The summed E-state index contributed by atoms with van der Waals surface area (Å²) < 4.78 is 0. The maximum atomic E-state index is 2.52. The Kier molecular flexibility index (Phi) is 8.39. The molecule has 0 bridgehead atoms. The van der Waals surface area contributed by atoms with E-state index >= 15 is 0 Å². The first-order valence-electron chi connectivity index (χ1n) is 20.9. The van der Waals surface area contributed by atoms with Gasteiger partial charge in [-0.1, -0.05) is 216 Å². The van der Waals surface area contributed by atoms with Crippen LogP contribution in [0.2, 0.25) is 0 Å². The van der Waals surface area contributed by atoms with E-state index in [9.17, 15) is 0 Å². The molecule has 59 heavy (non-hydrogen) atoms. The summed E-state index contributed by atoms with van der Waals surface area (Å²) in [6.07, 6.45) is 0. The van der Waals surface area contributed by atoms with Crippen molar-refractivity contribution in [3.05, 3.63) is 175 Å². The van der Waals surface area contributed by atoms with Gasteiger partial charge in [0.1, 0.15) is 0 Å². The van der Waals surface area contributed by atoms with Gasteiger partial charge in [0.15, 0.2) is 0 Å². The second kappa shape index (κ2) is 13.5. The standard InChI is InChI=1S/C56H45BS2/c1-55(2,3)36-24-28-48-46(32-36)57-47-33-37(56(4,5)6)25-29-49(47)59-51-31-35(30-50(58-48)54(51)57)52-41-20-12-14-22-43(41)53(44-23-15-13-21-42(44)52)45-27-26-38(34-16-8-7-9-17-34)39-18-10-11-19-40(39)45/h7-33H,1-6H3. The van der Waals surface area contributed by atoms with Gasteiger partial charge in [-0.2, -0.15) is 0 Å². The van der Waals surface area contributed by atoms with Crippen molar-refractivity contribution in [2.45, 2.75) is 72.0 Å². The zero-order chi connectivity index (χ0) is 40.2. The lowest BCUT2D eigenvalue weighted by Gasteiger charge is -2.35. The Bertz CT molecular complexity index is 3040. The van der Waals surface area contributed by atoms with Crippen LogP contribution in [0.15, 0.2) is 183 Å². The Balaban J connectivity index is 1.16. The zero-order valence-corrected chi connectivity index (χ0v) is 36.1. The van der Waals surface area contributed by atoms with Crippen LogP contribution in [-0.4, -0.2) is 6.71 Å². The third kappa shape index (κ3) is 5.92. The third-order valence-corrected chi connectivity index (χ3v) is 15.0. The van der Waals surface area contributed by atoms with E-state index in [-0.39, 0.29) is 17.5 Å². The number of hydrogen-bond donors (Lipinski definition) is 0. The van der Waals surface area contributed by atoms with Gasteiger partial charge in [0.05, 0.1) is 0 Å². The van der Waals surface area contributed by atoms with E-state index in [2.05, 4.69) is 205 Å². The highest BCUT2D eigenvalue weighted by Crippen LogP contribution is 2.49. The molecule has 11 rings (SSSR count). The van der Waals surface area contributed by atoms with Gasteiger partial charge in [0.25, 0.3) is 0 Å². The van der Waals surface area contributed by atoms with Crippen LogP contribution in [0.4, 0.5) is 0 Å². The molecular formula is C56H45BS2. The summed E-state index contributed by atoms with van der Waals surface area (Å²) >= 11 is 3.92. The number of rotatable bonds is 3. The molecule has 0 saturated heterocycles. The summed E-state index contributed by atoms with van der Waals surface area (Å²) in [7, 11) is 0. The quantitative estimate of drug-likeness (QED) is 0.129. The average molecular weight is 793 g/mol. The first kappa shape index (κ1) is 36.6. The van der Waals surface area contributed by atoms with Crippen molar-refractivity contribution in [1.82, 2.24) is 0 Å². The molecule has 3 heteroatoms. The molecule has 0 atom stereocenters. The van der Waals surface area contributed by atoms with Crippen molar-refractivity contribution < 1.29 is 0 Å². The topological polar surface area (TPSA) is 0 Å². The summed E-state index contributed by atoms with van der Waals surface area (Å²) in [6.45, 7) is 14.2. The van der Waals surface area contributed by atoms with Crippen LogP contribution < -0.4 is 16.4 Å². The lowest BCUT2D eigenvalue weighted by atomic mass is 9.36. The van der Waals surface area contributed by atoms with Crippen LogP contribution in [0.1, 0.15) is 52.7 Å². The molecule has 2 heterocycles. The zero-order valence-electron chi connectivity index (χ0n) is 34.5. The fourth-order valence-corrected chi connectivity index (χ4v) is 12.1. The summed E-state index contributed by atoms with van der Waals surface area (Å²) in [5, 5.41) is 7.68. The Morgan fingerprint density at radius 2 is 0.780 bits per heavy atom. The molecule has 2 aliphatic rings. The van der Waals surface area contributed by atoms with Crippen molar-refractivity contribution in [1.29, 1.82) is 0 Å². The fraction of sp³-hybridized carbons (Fsp3) is 0.143. The van der Waals surface area contributed by atoms with Crippen LogP contribution in [0.25, 0.3) is 65.7 Å². The Morgan fingerprint density at radius 3 is 1.27 bits per heavy atom. The smallest absolute Gasteiger partial charge is 0.0911 e. The second-order valence-electron chi connectivity index (χ2n) is 18.4. The summed E-state index contributed by atoms with van der Waals surface area (Å²) in [5.74, 6) is 0. The van der Waals surface area contributed by atoms with Crippen LogP contribution in [0.5, 0.6) is 0 Å². The molecule has 0 unspecified atom stereocenters. The van der Waals surface area contributed by atoms with Crippen molar-refractivity contribution >= 4 is 78.9 Å². The summed E-state index contributed by atoms with van der Waals surface area (Å²) in [6, 6.07) is 62.3. The highest BCUT2D eigenvalue weighted by atomic mass is 32.2. The SMILES string of the molecule is CC(C)(C)c1ccc2c(c1)B1c3cc(C(C)(C)C)ccc3Sc3cc(-c4c5ccccc5c(-c5ccc(-c6ccccc6)c6ccccc56)c5ccccc45)cc(c31)S2. The van der Waals surface area contributed by atoms with E-state index in [1.807, 2.05) is 23.5 Å². The van der Waals surface area contributed by atoms with Gasteiger partial charge in [-0.05, 0) is 117 Å². The largest absolute Gasteiger partial charge is 0.247 e. The minimum absolute atomic E-state index is 0.0661. The van der Waals surface area contributed by atoms with Gasteiger partial charge in [0, 0.05) is 19.6 Å². The van der Waals surface area contributed by atoms with Crippen LogP contribution in [-0.2, 0) is 10.8 Å². The molecule has 0 saturated carbocycles. The molecule has 0 aromatic heterocycles. The Hall–Kier alpha value is -5.48. The van der Waals surface area contributed by atoms with Gasteiger partial charge in [-0.15, -0.1) is 0 Å². The van der Waals surface area contributed by atoms with Crippen molar-refractivity contribution in [3.63, 3.8) is 0 Å². The molecule has 0 radical (unpaired) electrons. The fourth-order valence-electron chi connectivity index (χ4n) is 9.70. The van der Waals surface area contributed by atoms with E-state index in [4.69, 9.17) is 0 Å². The highest BCUT2D eigenvalue weighted by molar-refractivity contribution is 8.01. The van der Waals surface area contributed by atoms with E-state index in [1.54, 1.807) is 0 Å². The van der Waals surface area contributed by atoms with E-state index in [1.165, 1.54) is 113 Å². The Labute approximate surface area is 357 Å². The molecule has 0 amide bonds. The highest BCUT2D eigenvalue weighted by Gasteiger charge is 2.40. The van der Waals surface area contributed by atoms with Gasteiger partial charge in [-0.25, -0.2) is 0 Å². The predicted octanol–water partition coefficient (Wildman–Crippen LogP) is 14.2. The molecule has 284 valence electrons. The second-order valence-corrected chi connectivity index (χ2v) is 20.6. The van der Waals surface area contributed by atoms with E-state index in [0.29, 0.717) is 0 Å². The number of benzene rings is 9. The summed E-state index contributed by atoms with van der Waals surface area (Å²) in [5.41, 5.74) is 14.9. The molecule has 0 aliphatic carbocycles. The first-order valence-corrected chi connectivity index (χ1v) is 22.5. The third-order valence-electron chi connectivity index (χ3n) is 12.7. The maximum absolute atomic E-state index is 2.52. The summed E-state index contributed by atoms with van der Waals surface area (Å²) in [4.78, 5) is 5.48. The van der Waals surface area contributed by atoms with Gasteiger partial charge in [0.2, 0.25) is 6.71 Å². The molecule has 9 aromatic carbocycles. The normalized spacial score (nSPS) is 13.4. The maximum Gasteiger partial charge on any atom is 0.247 e. The van der Waals surface area contributed by atoms with E-state index in [0.717, 1.165) is 0 Å². The van der Waals surface area contributed by atoms with Gasteiger partial charge < -0.3 is 0 Å². The van der Waals surface area contributed by atoms with E-state index < -0.39 is 0 Å². The number of fused-ring (bicyclic) bond motifs is 7. The molecule has 9 aromatic rings. The molecule has 2 aliphatic heterocycles. The molecule has 0 N–H and O–H groups in total. The lowest BCUT2D eigenvalue weighted by Crippen LogP contribution is -2.58. The van der Waals surface area contributed by atoms with Gasteiger partial charge >= 0.3 is 0 Å².